The second kappa shape index (κ2) is 5.89. The van der Waals surface area contributed by atoms with E-state index in [1.165, 1.54) is 11.3 Å². The number of nitrogens with zero attached hydrogens (tertiary/aromatic N) is 2. The first-order valence-electron chi connectivity index (χ1n) is 6.59. The third-order valence-corrected chi connectivity index (χ3v) is 3.55. The minimum atomic E-state index is -0.250. The van der Waals surface area contributed by atoms with E-state index in [-0.39, 0.29) is 5.91 Å². The topological polar surface area (TPSA) is 49.6 Å². The van der Waals surface area contributed by atoms with E-state index >= 15 is 0 Å². The quantitative estimate of drug-likeness (QED) is 0.885. The molecule has 1 aliphatic heterocycles. The maximum Gasteiger partial charge on any atom is 0.231 e. The molecule has 0 aromatic heterocycles. The molecule has 0 spiro atoms. The van der Waals surface area contributed by atoms with Crippen LogP contribution in [0.3, 0.4) is 0 Å². The summed E-state index contributed by atoms with van der Waals surface area (Å²) < 4.78 is 0. The van der Waals surface area contributed by atoms with Crippen molar-refractivity contribution in [3.05, 3.63) is 35.9 Å². The summed E-state index contributed by atoms with van der Waals surface area (Å²) in [6.07, 6.45) is 1.86. The maximum atomic E-state index is 10.9. The van der Waals surface area contributed by atoms with Crippen molar-refractivity contribution in [3.63, 3.8) is 0 Å². The molecule has 19 heavy (non-hydrogen) atoms. The SMILES string of the molecule is C=Cc1ccc(N2CCN(CC(N)=O)CC2)c(C)c1. The Bertz CT molecular complexity index is 476. The van der Waals surface area contributed by atoms with Gasteiger partial charge in [-0.05, 0) is 24.1 Å². The third-order valence-electron chi connectivity index (χ3n) is 3.55. The van der Waals surface area contributed by atoms with Gasteiger partial charge in [0, 0.05) is 31.9 Å². The maximum absolute atomic E-state index is 10.9. The summed E-state index contributed by atoms with van der Waals surface area (Å²) in [4.78, 5) is 15.4. The van der Waals surface area contributed by atoms with Gasteiger partial charge in [0.25, 0.3) is 0 Å². The first kappa shape index (κ1) is 13.6. The number of hydrogen-bond donors (Lipinski definition) is 1. The highest BCUT2D eigenvalue weighted by atomic mass is 16.1. The number of carbonyl (C=O) groups excluding carboxylic acids is 1. The molecule has 0 atom stereocenters. The fourth-order valence-corrected chi connectivity index (χ4v) is 2.53. The molecule has 1 fully saturated rings. The van der Waals surface area contributed by atoms with Gasteiger partial charge in [-0.2, -0.15) is 0 Å². The van der Waals surface area contributed by atoms with Gasteiger partial charge in [0.1, 0.15) is 0 Å². The standard InChI is InChI=1S/C15H21N3O/c1-3-13-4-5-14(12(2)10-13)18-8-6-17(7-9-18)11-15(16)19/h3-5,10H,1,6-9,11H2,2H3,(H2,16,19). The van der Waals surface area contributed by atoms with E-state index in [9.17, 15) is 4.79 Å². The van der Waals surface area contributed by atoms with E-state index in [0.29, 0.717) is 6.54 Å². The Hall–Kier alpha value is -1.81. The summed E-state index contributed by atoms with van der Waals surface area (Å²) in [5.74, 6) is -0.250. The van der Waals surface area contributed by atoms with Crippen molar-refractivity contribution >= 4 is 17.7 Å². The van der Waals surface area contributed by atoms with Crippen LogP contribution in [0.15, 0.2) is 24.8 Å². The molecule has 1 amide bonds. The lowest BCUT2D eigenvalue weighted by Gasteiger charge is -2.36. The molecule has 0 saturated carbocycles. The van der Waals surface area contributed by atoms with Crippen LogP contribution >= 0.6 is 0 Å². The van der Waals surface area contributed by atoms with Crippen LogP contribution in [0.1, 0.15) is 11.1 Å². The number of hydrogen-bond acceptors (Lipinski definition) is 3. The number of benzene rings is 1. The Morgan fingerprint density at radius 1 is 1.37 bits per heavy atom. The fraction of sp³-hybridized carbons (Fsp3) is 0.400. The van der Waals surface area contributed by atoms with E-state index < -0.39 is 0 Å². The summed E-state index contributed by atoms with van der Waals surface area (Å²) in [6, 6.07) is 6.39. The van der Waals surface area contributed by atoms with Crippen LogP contribution in [0.4, 0.5) is 5.69 Å². The average molecular weight is 259 g/mol. The van der Waals surface area contributed by atoms with E-state index in [1.54, 1.807) is 0 Å². The van der Waals surface area contributed by atoms with E-state index in [2.05, 4.69) is 41.5 Å². The Kier molecular flexibility index (Phi) is 4.22. The summed E-state index contributed by atoms with van der Waals surface area (Å²) >= 11 is 0. The van der Waals surface area contributed by atoms with Crippen molar-refractivity contribution in [2.75, 3.05) is 37.6 Å². The Morgan fingerprint density at radius 2 is 2.05 bits per heavy atom. The van der Waals surface area contributed by atoms with Gasteiger partial charge in [-0.3, -0.25) is 9.69 Å². The molecular formula is C15H21N3O. The lowest BCUT2D eigenvalue weighted by molar-refractivity contribution is -0.119. The van der Waals surface area contributed by atoms with Gasteiger partial charge in [0.2, 0.25) is 5.91 Å². The number of primary amides is 1. The van der Waals surface area contributed by atoms with Crippen molar-refractivity contribution in [1.82, 2.24) is 4.90 Å². The van der Waals surface area contributed by atoms with Crippen LogP contribution < -0.4 is 10.6 Å². The van der Waals surface area contributed by atoms with Gasteiger partial charge in [0.05, 0.1) is 6.54 Å². The smallest absolute Gasteiger partial charge is 0.231 e. The lowest BCUT2D eigenvalue weighted by Crippen LogP contribution is -2.49. The van der Waals surface area contributed by atoms with Crippen LogP contribution in [0.2, 0.25) is 0 Å². The van der Waals surface area contributed by atoms with Gasteiger partial charge < -0.3 is 10.6 Å². The Morgan fingerprint density at radius 3 is 2.58 bits per heavy atom. The highest BCUT2D eigenvalue weighted by molar-refractivity contribution is 5.76. The Balaban J connectivity index is 2.01. The highest BCUT2D eigenvalue weighted by Gasteiger charge is 2.19. The summed E-state index contributed by atoms with van der Waals surface area (Å²) in [7, 11) is 0. The molecule has 1 saturated heterocycles. The van der Waals surface area contributed by atoms with Crippen LogP contribution in [0.5, 0.6) is 0 Å². The first-order valence-corrected chi connectivity index (χ1v) is 6.59. The molecule has 102 valence electrons. The van der Waals surface area contributed by atoms with Gasteiger partial charge >= 0.3 is 0 Å². The average Bonchev–Trinajstić information content (AvgIpc) is 2.39. The zero-order valence-electron chi connectivity index (χ0n) is 11.4. The summed E-state index contributed by atoms with van der Waals surface area (Å²) in [6.45, 7) is 9.90. The van der Waals surface area contributed by atoms with E-state index in [1.807, 2.05) is 6.08 Å². The van der Waals surface area contributed by atoms with Crippen LogP contribution in [-0.4, -0.2) is 43.5 Å². The number of amides is 1. The largest absolute Gasteiger partial charge is 0.369 e. The fourth-order valence-electron chi connectivity index (χ4n) is 2.53. The number of piperazine rings is 1. The summed E-state index contributed by atoms with van der Waals surface area (Å²) in [5, 5.41) is 0. The zero-order chi connectivity index (χ0) is 13.8. The molecule has 1 aromatic rings. The molecule has 2 N–H and O–H groups in total. The van der Waals surface area contributed by atoms with E-state index in [4.69, 9.17) is 5.73 Å². The minimum Gasteiger partial charge on any atom is -0.369 e. The van der Waals surface area contributed by atoms with Gasteiger partial charge in [-0.15, -0.1) is 0 Å². The molecule has 1 aromatic carbocycles. The number of aryl methyl sites for hydroxylation is 1. The van der Waals surface area contributed by atoms with Crippen LogP contribution in [0, 0.1) is 6.92 Å². The zero-order valence-corrected chi connectivity index (χ0v) is 11.4. The van der Waals surface area contributed by atoms with Crippen molar-refractivity contribution in [1.29, 1.82) is 0 Å². The Labute approximate surface area is 114 Å². The normalized spacial score (nSPS) is 16.4. The second-order valence-electron chi connectivity index (χ2n) is 4.98. The number of nitrogens with two attached hydrogens (primary N) is 1. The molecule has 1 heterocycles. The first-order chi connectivity index (χ1) is 9.10. The second-order valence-corrected chi connectivity index (χ2v) is 4.98. The lowest BCUT2D eigenvalue weighted by atomic mass is 10.1. The van der Waals surface area contributed by atoms with Gasteiger partial charge in [-0.25, -0.2) is 0 Å². The summed E-state index contributed by atoms with van der Waals surface area (Å²) in [5.41, 5.74) is 8.90. The van der Waals surface area contributed by atoms with Crippen molar-refractivity contribution < 1.29 is 4.79 Å². The van der Waals surface area contributed by atoms with Crippen molar-refractivity contribution in [2.24, 2.45) is 5.73 Å². The number of carbonyl (C=O) groups is 1. The molecule has 1 aliphatic rings. The predicted molar refractivity (Wildman–Crippen MR) is 79.1 cm³/mol. The molecule has 0 bridgehead atoms. The van der Waals surface area contributed by atoms with Crippen LogP contribution in [0.25, 0.3) is 6.08 Å². The molecule has 2 rings (SSSR count). The predicted octanol–water partition coefficient (Wildman–Crippen LogP) is 1.25. The number of rotatable bonds is 4. The molecule has 4 heteroatoms. The van der Waals surface area contributed by atoms with Crippen molar-refractivity contribution in [3.8, 4) is 0 Å². The molecule has 4 nitrogen and oxygen atoms in total. The van der Waals surface area contributed by atoms with Gasteiger partial charge in [-0.1, -0.05) is 24.8 Å². The molecule has 0 radical (unpaired) electrons. The number of anilines is 1. The third kappa shape index (κ3) is 3.35. The highest BCUT2D eigenvalue weighted by Crippen LogP contribution is 2.23. The molecule has 0 aliphatic carbocycles. The molecular weight excluding hydrogens is 238 g/mol. The van der Waals surface area contributed by atoms with Crippen molar-refractivity contribution in [2.45, 2.75) is 6.92 Å². The van der Waals surface area contributed by atoms with Gasteiger partial charge in [0.15, 0.2) is 0 Å². The minimum absolute atomic E-state index is 0.250. The van der Waals surface area contributed by atoms with E-state index in [0.717, 1.165) is 31.7 Å². The molecule has 0 unspecified atom stereocenters. The monoisotopic (exact) mass is 259 g/mol. The van der Waals surface area contributed by atoms with Crippen LogP contribution in [-0.2, 0) is 4.79 Å².